The molecule has 2 aromatic carbocycles. The predicted molar refractivity (Wildman–Crippen MR) is 250 cm³/mol. The molecule has 0 fully saturated rings. The first-order valence-electron chi connectivity index (χ1n) is 22.7. The third kappa shape index (κ3) is 15.0. The molecule has 65 heavy (non-hydrogen) atoms. The minimum atomic E-state index is -4.33. The number of carbonyl (C=O) groups excluding carboxylic acids is 2. The molecular weight excluding hydrogens is 897 g/mol. The highest BCUT2D eigenvalue weighted by Gasteiger charge is 2.47. The quantitative estimate of drug-likeness (QED) is 0.0350. The van der Waals surface area contributed by atoms with Crippen LogP contribution < -0.4 is 10.6 Å². The molecule has 2 aliphatic rings. The molecule has 2 aliphatic heterocycles. The van der Waals surface area contributed by atoms with Crippen molar-refractivity contribution in [1.82, 2.24) is 10.6 Å². The summed E-state index contributed by atoms with van der Waals surface area (Å²) in [6.45, 7) is 11.8. The minimum absolute atomic E-state index is 0.0377. The summed E-state index contributed by atoms with van der Waals surface area (Å²) in [6.07, 6.45) is 9.89. The SMILES string of the molecule is CC1=[N+](CCCCCC(=O)NCC(CCCCCC(=O)O)CNC(=O)CCCCCC2(C)C(C)=[N+](CCCS(=O)(=O)O)c3ccc(S(C)(=O)=O)cc32)c2ccc(S(=O)(=O)O)cc2C1(C)C. The highest BCUT2D eigenvalue weighted by molar-refractivity contribution is 7.90. The number of hydrogen-bond acceptors (Lipinski definition) is 9. The summed E-state index contributed by atoms with van der Waals surface area (Å²) in [6, 6.07) is 9.68. The molecule has 0 bridgehead atoms. The van der Waals surface area contributed by atoms with E-state index in [0.29, 0.717) is 71.1 Å². The van der Waals surface area contributed by atoms with Crippen LogP contribution in [-0.4, -0.2) is 116 Å². The van der Waals surface area contributed by atoms with Gasteiger partial charge in [-0.1, -0.05) is 25.7 Å². The summed E-state index contributed by atoms with van der Waals surface area (Å²) < 4.78 is 94.3. The van der Waals surface area contributed by atoms with E-state index in [2.05, 4.69) is 15.2 Å². The van der Waals surface area contributed by atoms with Crippen molar-refractivity contribution in [2.75, 3.05) is 38.2 Å². The van der Waals surface area contributed by atoms with Gasteiger partial charge in [-0.25, -0.2) is 8.42 Å². The Hall–Kier alpha value is -4.04. The number of carbonyl (C=O) groups is 3. The maximum Gasteiger partial charge on any atom is 0.303 e. The Morgan fingerprint density at radius 3 is 1.72 bits per heavy atom. The molecule has 0 saturated carbocycles. The van der Waals surface area contributed by atoms with Gasteiger partial charge < -0.3 is 15.7 Å². The summed E-state index contributed by atoms with van der Waals surface area (Å²) in [5, 5.41) is 15.1. The van der Waals surface area contributed by atoms with E-state index < -0.39 is 46.9 Å². The van der Waals surface area contributed by atoms with Gasteiger partial charge in [0.05, 0.1) is 26.4 Å². The summed E-state index contributed by atoms with van der Waals surface area (Å²) in [5.74, 6) is -1.46. The second-order valence-corrected chi connectivity index (χ2v) is 23.5. The minimum Gasteiger partial charge on any atom is -0.481 e. The summed E-state index contributed by atoms with van der Waals surface area (Å²) in [7, 11) is -11.9. The average molecular weight is 967 g/mol. The van der Waals surface area contributed by atoms with Crippen molar-refractivity contribution in [2.24, 2.45) is 5.92 Å². The lowest BCUT2D eigenvalue weighted by Crippen LogP contribution is -2.36. The number of nitrogens with one attached hydrogen (secondary N) is 2. The molecule has 2 aromatic rings. The van der Waals surface area contributed by atoms with Crippen molar-refractivity contribution in [3.63, 3.8) is 0 Å². The van der Waals surface area contributed by atoms with Crippen molar-refractivity contribution in [1.29, 1.82) is 0 Å². The first kappa shape index (κ1) is 53.6. The van der Waals surface area contributed by atoms with Crippen LogP contribution in [0.15, 0.2) is 46.2 Å². The van der Waals surface area contributed by atoms with E-state index >= 15 is 0 Å². The normalized spacial score (nSPS) is 17.5. The van der Waals surface area contributed by atoms with Gasteiger partial charge in [-0.2, -0.15) is 26.0 Å². The number of aliphatic carboxylic acids is 1. The Balaban J connectivity index is 1.24. The van der Waals surface area contributed by atoms with E-state index in [0.717, 1.165) is 78.7 Å². The van der Waals surface area contributed by atoms with Crippen molar-refractivity contribution in [3.8, 4) is 0 Å². The van der Waals surface area contributed by atoms with Crippen molar-refractivity contribution < 1.29 is 63.0 Å². The molecule has 2 heterocycles. The zero-order chi connectivity index (χ0) is 48.4. The number of carboxylic acid groups (broad SMARTS) is 1. The summed E-state index contributed by atoms with van der Waals surface area (Å²) in [5.41, 5.74) is 4.48. The predicted octanol–water partition coefficient (Wildman–Crippen LogP) is 6.48. The van der Waals surface area contributed by atoms with E-state index in [1.54, 1.807) is 24.3 Å². The van der Waals surface area contributed by atoms with Crippen LogP contribution in [0, 0.1) is 5.92 Å². The van der Waals surface area contributed by atoms with Gasteiger partial charge in [-0.3, -0.25) is 23.5 Å². The zero-order valence-electron chi connectivity index (χ0n) is 38.8. The fourth-order valence-electron chi connectivity index (χ4n) is 9.05. The standard InChI is InChI=1S/C46H68N4O12S3/c1-33-45(3,4)38-30-37(65(60,61)62)22-24-40(38)49(33)26-15-9-12-19-43(52)48-32-35(17-10-7-13-20-44(53)54)31-47-42(51)18-11-8-14-25-46(5)34(2)50(27-16-28-64(57,58)59)41-23-21-36(29-39(41)46)63(6,55)56/h21-24,29-30,35H,7-20,25-28,31-32H2,1-6H3,(H3-2,47,48,51,52,53,54,57,58,59,60,61,62)/p+2. The number of rotatable bonds is 28. The maximum absolute atomic E-state index is 13.0. The second kappa shape index (κ2) is 22.6. The lowest BCUT2D eigenvalue weighted by atomic mass is 9.76. The average Bonchev–Trinajstić information content (AvgIpc) is 3.53. The lowest BCUT2D eigenvalue weighted by molar-refractivity contribution is -0.439. The maximum atomic E-state index is 13.0. The molecule has 0 aliphatic carbocycles. The second-order valence-electron chi connectivity index (χ2n) is 18.5. The monoisotopic (exact) mass is 966 g/mol. The molecule has 362 valence electrons. The van der Waals surface area contributed by atoms with Gasteiger partial charge in [-0.15, -0.1) is 0 Å². The summed E-state index contributed by atoms with van der Waals surface area (Å²) in [4.78, 5) is 37.0. The van der Waals surface area contributed by atoms with Gasteiger partial charge in [-0.05, 0) is 89.5 Å². The topological polar surface area (TPSA) is 244 Å². The number of carboxylic acids is 1. The third-order valence-corrected chi connectivity index (χ3v) is 16.1. The van der Waals surface area contributed by atoms with Gasteiger partial charge in [0.15, 0.2) is 21.3 Å². The highest BCUT2D eigenvalue weighted by Crippen LogP contribution is 2.44. The van der Waals surface area contributed by atoms with E-state index in [1.807, 2.05) is 39.2 Å². The van der Waals surface area contributed by atoms with Crippen molar-refractivity contribution in [3.05, 3.63) is 47.5 Å². The Bertz CT molecular complexity index is 2480. The molecule has 5 N–H and O–H groups in total. The summed E-state index contributed by atoms with van der Waals surface area (Å²) >= 11 is 0. The van der Waals surface area contributed by atoms with Crippen LogP contribution in [0.1, 0.15) is 142 Å². The van der Waals surface area contributed by atoms with E-state index in [-0.39, 0.29) is 46.1 Å². The number of hydrogen-bond donors (Lipinski definition) is 5. The van der Waals surface area contributed by atoms with E-state index in [4.69, 9.17) is 5.11 Å². The number of fused-ring (bicyclic) bond motifs is 2. The Morgan fingerprint density at radius 1 is 0.646 bits per heavy atom. The molecule has 2 atom stereocenters. The number of sulfone groups is 1. The van der Waals surface area contributed by atoms with E-state index in [1.165, 1.54) is 12.1 Å². The van der Waals surface area contributed by atoms with Crippen LogP contribution in [0.4, 0.5) is 11.4 Å². The molecule has 0 spiro atoms. The molecular formula is C46H70N4O12S3+2. The van der Waals surface area contributed by atoms with Crippen LogP contribution >= 0.6 is 0 Å². The molecule has 0 saturated heterocycles. The third-order valence-electron chi connectivity index (χ3n) is 13.4. The molecule has 19 heteroatoms. The van der Waals surface area contributed by atoms with Gasteiger partial charge >= 0.3 is 5.97 Å². The molecule has 0 radical (unpaired) electrons. The van der Waals surface area contributed by atoms with Crippen LogP contribution in [-0.2, 0) is 55.3 Å². The Morgan fingerprint density at radius 2 is 1.15 bits per heavy atom. The van der Waals surface area contributed by atoms with Crippen LogP contribution in [0.5, 0.6) is 0 Å². The first-order valence-corrected chi connectivity index (χ1v) is 27.6. The van der Waals surface area contributed by atoms with Crippen molar-refractivity contribution >= 4 is 70.7 Å². The highest BCUT2D eigenvalue weighted by atomic mass is 32.2. The fourth-order valence-corrected chi connectivity index (χ4v) is 10.7. The van der Waals surface area contributed by atoms with Crippen LogP contribution in [0.3, 0.4) is 0 Å². The molecule has 4 rings (SSSR count). The number of amides is 2. The fraction of sp³-hybridized carbons (Fsp3) is 0.630. The molecule has 16 nitrogen and oxygen atoms in total. The van der Waals surface area contributed by atoms with E-state index in [9.17, 15) is 48.7 Å². The first-order chi connectivity index (χ1) is 30.3. The van der Waals surface area contributed by atoms with Gasteiger partial charge in [0, 0.05) is 88.6 Å². The number of nitrogens with zero attached hydrogens (tertiary/aromatic N) is 2. The lowest BCUT2D eigenvalue weighted by Gasteiger charge is -2.22. The number of unbranched alkanes of at least 4 members (excludes halogenated alkanes) is 6. The van der Waals surface area contributed by atoms with Gasteiger partial charge in [0.2, 0.25) is 23.2 Å². The number of benzene rings is 2. The van der Waals surface area contributed by atoms with Gasteiger partial charge in [0.1, 0.15) is 13.1 Å². The van der Waals surface area contributed by atoms with Crippen LogP contribution in [0.25, 0.3) is 0 Å². The molecule has 2 unspecified atom stereocenters. The van der Waals surface area contributed by atoms with Crippen LogP contribution in [0.2, 0.25) is 0 Å². The Labute approximate surface area is 385 Å². The molecule has 0 aromatic heterocycles. The van der Waals surface area contributed by atoms with Gasteiger partial charge in [0.25, 0.3) is 20.2 Å². The smallest absolute Gasteiger partial charge is 0.303 e. The molecule has 2 amide bonds. The zero-order valence-corrected chi connectivity index (χ0v) is 41.3. The largest absolute Gasteiger partial charge is 0.481 e. The Kier molecular flexibility index (Phi) is 18.7. The van der Waals surface area contributed by atoms with Crippen molar-refractivity contribution in [2.45, 2.75) is 152 Å².